The van der Waals surface area contributed by atoms with Gasteiger partial charge in [0.15, 0.2) is 0 Å². The molecular weight excluding hydrogens is 188 g/mol. The molecule has 0 aromatic carbocycles. The molecule has 0 saturated carbocycles. The van der Waals surface area contributed by atoms with Gasteiger partial charge in [-0.15, -0.1) is 0 Å². The Kier molecular flexibility index (Phi) is 2.92. The van der Waals surface area contributed by atoms with Crippen LogP contribution in [-0.2, 0) is 9.92 Å². The Bertz CT molecular complexity index is 368. The monoisotopic (exact) mass is 202 g/mol. The number of rotatable bonds is 4. The van der Waals surface area contributed by atoms with Gasteiger partial charge in [0, 0.05) is 11.3 Å². The van der Waals surface area contributed by atoms with Crippen LogP contribution in [0.4, 0.5) is 5.82 Å². The van der Waals surface area contributed by atoms with Gasteiger partial charge in [0.05, 0.1) is 6.20 Å². The minimum absolute atomic E-state index is 0.353. The maximum atomic E-state index is 11.5. The highest BCUT2D eigenvalue weighted by Crippen LogP contribution is 2.11. The van der Waals surface area contributed by atoms with Crippen molar-refractivity contribution in [2.24, 2.45) is 0 Å². The number of aromatic amines is 1. The first-order valence-electron chi connectivity index (χ1n) is 4.09. The molecule has 1 aromatic heterocycles. The molecule has 1 unspecified atom stereocenters. The molecule has 0 aliphatic heterocycles. The summed E-state index contributed by atoms with van der Waals surface area (Å²) in [6.45, 7) is 3.74. The highest BCUT2D eigenvalue weighted by molar-refractivity contribution is 7.93. The zero-order valence-electron chi connectivity index (χ0n) is 7.76. The lowest BCUT2D eigenvalue weighted by molar-refractivity contribution is 0.677. The Morgan fingerprint density at radius 2 is 2.46 bits per heavy atom. The third kappa shape index (κ3) is 2.73. The predicted octanol–water partition coefficient (Wildman–Crippen LogP) is 1.50. The average Bonchev–Trinajstić information content (AvgIpc) is 2.35. The quantitative estimate of drug-likeness (QED) is 0.691. The van der Waals surface area contributed by atoms with Crippen molar-refractivity contribution in [1.29, 1.82) is 4.78 Å². The topological polar surface area (TPSA) is 81.6 Å². The van der Waals surface area contributed by atoms with Crippen LogP contribution in [0.15, 0.2) is 6.20 Å². The SMILES string of the molecule is CCCS(=N)(=O)Nc1[nH]ncc1C. The molecule has 0 saturated heterocycles. The predicted molar refractivity (Wildman–Crippen MR) is 53.0 cm³/mol. The van der Waals surface area contributed by atoms with Crippen LogP contribution in [0.1, 0.15) is 18.9 Å². The van der Waals surface area contributed by atoms with Crippen molar-refractivity contribution in [2.45, 2.75) is 20.3 Å². The smallest absolute Gasteiger partial charge is 0.136 e. The summed E-state index contributed by atoms with van der Waals surface area (Å²) in [5.41, 5.74) is 0.871. The molecule has 6 heteroatoms. The molecule has 0 aliphatic rings. The van der Waals surface area contributed by atoms with Crippen LogP contribution in [-0.4, -0.2) is 20.2 Å². The van der Waals surface area contributed by atoms with Crippen LogP contribution >= 0.6 is 0 Å². The van der Waals surface area contributed by atoms with E-state index in [2.05, 4.69) is 14.9 Å². The van der Waals surface area contributed by atoms with Crippen LogP contribution in [0.2, 0.25) is 0 Å². The number of aryl methyl sites for hydroxylation is 1. The van der Waals surface area contributed by atoms with Gasteiger partial charge in [-0.3, -0.25) is 9.82 Å². The summed E-state index contributed by atoms with van der Waals surface area (Å²) in [7, 11) is -2.70. The Labute approximate surface area is 78.0 Å². The van der Waals surface area contributed by atoms with Gasteiger partial charge in [0.2, 0.25) is 0 Å². The van der Waals surface area contributed by atoms with Crippen LogP contribution in [0, 0.1) is 11.7 Å². The Hall–Kier alpha value is -1.04. The van der Waals surface area contributed by atoms with E-state index >= 15 is 0 Å². The van der Waals surface area contributed by atoms with Gasteiger partial charge in [0.25, 0.3) is 0 Å². The second-order valence-electron chi connectivity index (χ2n) is 2.91. The fourth-order valence-electron chi connectivity index (χ4n) is 0.953. The van der Waals surface area contributed by atoms with Crippen molar-refractivity contribution in [3.63, 3.8) is 0 Å². The Morgan fingerprint density at radius 1 is 1.77 bits per heavy atom. The van der Waals surface area contributed by atoms with Crippen LogP contribution in [0.25, 0.3) is 0 Å². The maximum absolute atomic E-state index is 11.5. The summed E-state index contributed by atoms with van der Waals surface area (Å²) < 4.78 is 21.6. The molecule has 0 bridgehead atoms. The van der Waals surface area contributed by atoms with E-state index in [-0.39, 0.29) is 0 Å². The molecule has 74 valence electrons. The summed E-state index contributed by atoms with van der Waals surface area (Å²) in [6.07, 6.45) is 2.35. The number of nitrogens with zero attached hydrogens (tertiary/aromatic N) is 1. The number of H-pyrrole nitrogens is 1. The normalized spacial score (nSPS) is 15.2. The minimum Gasteiger partial charge on any atom is -0.283 e. The van der Waals surface area contributed by atoms with Gasteiger partial charge >= 0.3 is 0 Å². The lowest BCUT2D eigenvalue weighted by Gasteiger charge is -2.07. The van der Waals surface area contributed by atoms with Crippen LogP contribution < -0.4 is 4.72 Å². The van der Waals surface area contributed by atoms with Gasteiger partial charge in [-0.1, -0.05) is 6.92 Å². The van der Waals surface area contributed by atoms with E-state index in [0.717, 1.165) is 12.0 Å². The fourth-order valence-corrected chi connectivity index (χ4v) is 2.17. The van der Waals surface area contributed by atoms with E-state index in [0.29, 0.717) is 11.6 Å². The van der Waals surface area contributed by atoms with E-state index in [1.165, 1.54) is 0 Å². The molecule has 1 aromatic rings. The third-order valence-corrected chi connectivity index (χ3v) is 3.10. The van der Waals surface area contributed by atoms with Crippen molar-refractivity contribution < 1.29 is 4.21 Å². The van der Waals surface area contributed by atoms with Crippen molar-refractivity contribution in [2.75, 3.05) is 10.5 Å². The number of anilines is 1. The van der Waals surface area contributed by atoms with E-state index in [9.17, 15) is 4.21 Å². The summed E-state index contributed by atoms with van der Waals surface area (Å²) in [5, 5.41) is 6.43. The van der Waals surface area contributed by atoms with Crippen molar-refractivity contribution in [3.05, 3.63) is 11.8 Å². The first kappa shape index (κ1) is 10.0. The molecule has 0 aliphatic carbocycles. The second kappa shape index (κ2) is 3.78. The van der Waals surface area contributed by atoms with Gasteiger partial charge in [-0.2, -0.15) is 5.10 Å². The largest absolute Gasteiger partial charge is 0.283 e. The zero-order valence-corrected chi connectivity index (χ0v) is 8.57. The minimum atomic E-state index is -2.70. The standard InChI is InChI=1S/C7H14N4OS/c1-3-4-13(8,12)11-7-6(2)5-9-10-7/h5H,3-4H2,1-2H3,(H3,8,9,10,11,12). The molecule has 0 fully saturated rings. The lowest BCUT2D eigenvalue weighted by atomic mass is 10.4. The second-order valence-corrected chi connectivity index (χ2v) is 4.87. The summed E-state index contributed by atoms with van der Waals surface area (Å²) >= 11 is 0. The third-order valence-electron chi connectivity index (χ3n) is 1.59. The number of hydrogen-bond donors (Lipinski definition) is 3. The fraction of sp³-hybridized carbons (Fsp3) is 0.571. The van der Waals surface area contributed by atoms with E-state index in [1.807, 2.05) is 13.8 Å². The zero-order chi connectivity index (χ0) is 9.90. The molecule has 5 nitrogen and oxygen atoms in total. The summed E-state index contributed by atoms with van der Waals surface area (Å²) in [4.78, 5) is 0. The molecule has 0 radical (unpaired) electrons. The first-order chi connectivity index (χ1) is 6.05. The molecule has 1 heterocycles. The van der Waals surface area contributed by atoms with Gasteiger partial charge in [0.1, 0.15) is 15.7 Å². The highest BCUT2D eigenvalue weighted by Gasteiger charge is 2.07. The van der Waals surface area contributed by atoms with Crippen molar-refractivity contribution >= 4 is 15.7 Å². The van der Waals surface area contributed by atoms with Gasteiger partial charge < -0.3 is 0 Å². The lowest BCUT2D eigenvalue weighted by Crippen LogP contribution is -2.15. The van der Waals surface area contributed by atoms with Crippen molar-refractivity contribution in [3.8, 4) is 0 Å². The number of hydrogen-bond acceptors (Lipinski definition) is 3. The molecule has 3 N–H and O–H groups in total. The summed E-state index contributed by atoms with van der Waals surface area (Å²) in [6, 6.07) is 0. The van der Waals surface area contributed by atoms with E-state index in [1.54, 1.807) is 6.20 Å². The van der Waals surface area contributed by atoms with Crippen molar-refractivity contribution in [1.82, 2.24) is 10.2 Å². The van der Waals surface area contributed by atoms with E-state index < -0.39 is 9.92 Å². The average molecular weight is 202 g/mol. The molecule has 1 atom stereocenters. The number of nitrogens with one attached hydrogen (secondary N) is 3. The van der Waals surface area contributed by atoms with Crippen LogP contribution in [0.3, 0.4) is 0 Å². The van der Waals surface area contributed by atoms with Gasteiger partial charge in [-0.05, 0) is 13.3 Å². The Morgan fingerprint density at radius 3 is 2.92 bits per heavy atom. The first-order valence-corrected chi connectivity index (χ1v) is 5.82. The van der Waals surface area contributed by atoms with Crippen LogP contribution in [0.5, 0.6) is 0 Å². The molecule has 13 heavy (non-hydrogen) atoms. The Balaban J connectivity index is 2.75. The molecule has 1 rings (SSSR count). The molecule has 0 amide bonds. The van der Waals surface area contributed by atoms with Gasteiger partial charge in [-0.25, -0.2) is 8.99 Å². The maximum Gasteiger partial charge on any atom is 0.136 e. The highest BCUT2D eigenvalue weighted by atomic mass is 32.2. The van der Waals surface area contributed by atoms with E-state index in [4.69, 9.17) is 4.78 Å². The number of aromatic nitrogens is 2. The molecular formula is C7H14N4OS. The molecule has 0 spiro atoms. The summed E-state index contributed by atoms with van der Waals surface area (Å²) in [5.74, 6) is 0.930.